The van der Waals surface area contributed by atoms with Crippen molar-refractivity contribution >= 4 is 11.7 Å². The highest BCUT2D eigenvalue weighted by Crippen LogP contribution is 2.41. The average Bonchev–Trinajstić information content (AvgIpc) is 2.61. The van der Waals surface area contributed by atoms with Crippen LogP contribution < -0.4 is 11.0 Å². The second kappa shape index (κ2) is 5.47. The van der Waals surface area contributed by atoms with E-state index in [-0.39, 0.29) is 5.82 Å². The van der Waals surface area contributed by atoms with E-state index in [0.29, 0.717) is 4.57 Å². The number of nitrogens with one attached hydrogen (secondary N) is 1. The molecule has 1 aromatic rings. The zero-order valence-electron chi connectivity index (χ0n) is 10.9. The van der Waals surface area contributed by atoms with Gasteiger partial charge in [-0.15, -0.1) is 0 Å². The summed E-state index contributed by atoms with van der Waals surface area (Å²) >= 11 is 0. The molecule has 3 atom stereocenters. The lowest BCUT2D eigenvalue weighted by Gasteiger charge is -2.21. The molecule has 1 saturated heterocycles. The van der Waals surface area contributed by atoms with Crippen molar-refractivity contribution in [2.75, 3.05) is 11.9 Å². The highest BCUT2D eigenvalue weighted by Gasteiger charge is 2.59. The second-order valence-corrected chi connectivity index (χ2v) is 4.51. The number of hydrogen-bond acceptors (Lipinski definition) is 6. The topological polar surface area (TPSA) is 114 Å². The Morgan fingerprint density at radius 3 is 2.76 bits per heavy atom. The number of carbonyl (C=O) groups excluding carboxylic acids is 1. The third-order valence-corrected chi connectivity index (χ3v) is 2.95. The first kappa shape index (κ1) is 15.5. The molecule has 2 heterocycles. The fourth-order valence-corrected chi connectivity index (χ4v) is 1.96. The summed E-state index contributed by atoms with van der Waals surface area (Å²) < 4.78 is 33.0. The Morgan fingerprint density at radius 2 is 2.29 bits per heavy atom. The number of aliphatic hydroxyl groups is 2. The summed E-state index contributed by atoms with van der Waals surface area (Å²) in [6.45, 7) is 0.378. The lowest BCUT2D eigenvalue weighted by molar-refractivity contribution is -0.141. The quantitative estimate of drug-likeness (QED) is 0.666. The Bertz CT molecular complexity index is 606. The van der Waals surface area contributed by atoms with E-state index in [4.69, 9.17) is 9.84 Å². The van der Waals surface area contributed by atoms with Gasteiger partial charge in [-0.2, -0.15) is 13.8 Å². The van der Waals surface area contributed by atoms with Crippen molar-refractivity contribution in [3.05, 3.63) is 22.7 Å². The van der Waals surface area contributed by atoms with E-state index in [9.17, 15) is 23.5 Å². The van der Waals surface area contributed by atoms with Gasteiger partial charge in [-0.25, -0.2) is 4.79 Å². The number of amides is 1. The van der Waals surface area contributed by atoms with Crippen LogP contribution in [0.3, 0.4) is 0 Å². The minimum Gasteiger partial charge on any atom is -0.394 e. The number of alkyl halides is 2. The molecule has 0 bridgehead atoms. The van der Waals surface area contributed by atoms with Crippen molar-refractivity contribution in [3.8, 4) is 0 Å². The summed E-state index contributed by atoms with van der Waals surface area (Å²) in [7, 11) is 0. The van der Waals surface area contributed by atoms with Gasteiger partial charge in [0.2, 0.25) is 12.1 Å². The van der Waals surface area contributed by atoms with E-state index < -0.39 is 42.6 Å². The smallest absolute Gasteiger partial charge is 0.351 e. The fourth-order valence-electron chi connectivity index (χ4n) is 1.96. The molecule has 0 aromatic carbocycles. The van der Waals surface area contributed by atoms with Crippen molar-refractivity contribution < 1.29 is 28.5 Å². The summed E-state index contributed by atoms with van der Waals surface area (Å²) in [6.07, 6.45) is -4.87. The van der Waals surface area contributed by atoms with Crippen LogP contribution in [-0.4, -0.2) is 50.4 Å². The maximum atomic E-state index is 13.9. The highest BCUT2D eigenvalue weighted by atomic mass is 19.3. The molecule has 3 N–H and O–H groups in total. The van der Waals surface area contributed by atoms with E-state index in [1.807, 2.05) is 0 Å². The molecule has 21 heavy (non-hydrogen) atoms. The van der Waals surface area contributed by atoms with Gasteiger partial charge >= 0.3 is 11.6 Å². The first-order chi connectivity index (χ1) is 9.77. The van der Waals surface area contributed by atoms with Gasteiger partial charge in [0.15, 0.2) is 6.10 Å². The van der Waals surface area contributed by atoms with E-state index in [1.54, 1.807) is 0 Å². The molecule has 0 radical (unpaired) electrons. The Labute approximate surface area is 117 Å². The highest BCUT2D eigenvalue weighted by molar-refractivity contribution is 5.87. The number of nitrogens with zero attached hydrogens (tertiary/aromatic N) is 2. The summed E-state index contributed by atoms with van der Waals surface area (Å²) in [6, 6.07) is 1.14. The normalized spacial score (nSPS) is 27.6. The van der Waals surface area contributed by atoms with Crippen LogP contribution >= 0.6 is 0 Å². The predicted molar refractivity (Wildman–Crippen MR) is 64.8 cm³/mol. The zero-order valence-corrected chi connectivity index (χ0v) is 10.9. The van der Waals surface area contributed by atoms with Crippen LogP contribution in [0.25, 0.3) is 0 Å². The molecule has 8 nitrogen and oxygen atoms in total. The van der Waals surface area contributed by atoms with Crippen LogP contribution in [0.2, 0.25) is 0 Å². The second-order valence-electron chi connectivity index (χ2n) is 4.51. The third kappa shape index (κ3) is 2.77. The molecule has 10 heteroatoms. The standard InChI is InChI=1S/C11H13F2N3O5/c1-5(18)14-7-2-3-16(10(20)15-7)9-11(12,13)8(19)6(4-17)21-9/h2-3,6,8-9,17,19H,4H2,1H3,(H,14,15,18,20)/t6-,8-,9-/m1/s1. The molecular formula is C11H13F2N3O5. The Balaban J connectivity index is 2.34. The van der Waals surface area contributed by atoms with E-state index in [0.717, 1.165) is 12.3 Å². The zero-order chi connectivity index (χ0) is 15.8. The average molecular weight is 305 g/mol. The molecular weight excluding hydrogens is 292 g/mol. The van der Waals surface area contributed by atoms with E-state index in [1.165, 1.54) is 6.92 Å². The number of carbonyl (C=O) groups is 1. The number of ether oxygens (including phenoxy) is 1. The molecule has 1 aliphatic heterocycles. The number of halogens is 2. The number of anilines is 1. The molecule has 0 spiro atoms. The Morgan fingerprint density at radius 1 is 1.62 bits per heavy atom. The molecule has 1 fully saturated rings. The molecule has 1 aliphatic rings. The molecule has 0 saturated carbocycles. The van der Waals surface area contributed by atoms with E-state index in [2.05, 4.69) is 10.3 Å². The molecule has 0 unspecified atom stereocenters. The van der Waals surface area contributed by atoms with Gasteiger partial charge in [-0.1, -0.05) is 0 Å². The van der Waals surface area contributed by atoms with Gasteiger partial charge in [0.1, 0.15) is 11.9 Å². The maximum Gasteiger partial charge on any atom is 0.351 e. The summed E-state index contributed by atoms with van der Waals surface area (Å²) in [5, 5.41) is 20.5. The molecule has 116 valence electrons. The number of aromatic nitrogens is 2. The summed E-state index contributed by atoms with van der Waals surface area (Å²) in [4.78, 5) is 26.0. The first-order valence-corrected chi connectivity index (χ1v) is 5.96. The SMILES string of the molecule is CC(=O)Nc1ccn([C@@H]2O[C@H](CO)[C@@H](O)C2(F)F)c(=O)n1. The molecule has 2 rings (SSSR count). The van der Waals surface area contributed by atoms with Gasteiger partial charge in [0, 0.05) is 13.1 Å². The number of hydrogen-bond donors (Lipinski definition) is 3. The van der Waals surface area contributed by atoms with E-state index >= 15 is 0 Å². The molecule has 1 amide bonds. The van der Waals surface area contributed by atoms with Crippen LogP contribution in [0.15, 0.2) is 17.1 Å². The monoisotopic (exact) mass is 305 g/mol. The van der Waals surface area contributed by atoms with Crippen molar-refractivity contribution in [1.82, 2.24) is 9.55 Å². The summed E-state index contributed by atoms with van der Waals surface area (Å²) in [5.41, 5.74) is -1.09. The lowest BCUT2D eigenvalue weighted by Crippen LogP contribution is -2.41. The Kier molecular flexibility index (Phi) is 4.03. The van der Waals surface area contributed by atoms with Gasteiger partial charge in [0.05, 0.1) is 6.61 Å². The Hall–Kier alpha value is -1.91. The van der Waals surface area contributed by atoms with Crippen molar-refractivity contribution in [2.45, 2.75) is 31.3 Å². The maximum absolute atomic E-state index is 13.9. The fraction of sp³-hybridized carbons (Fsp3) is 0.545. The number of rotatable bonds is 3. The minimum absolute atomic E-state index is 0.0932. The lowest BCUT2D eigenvalue weighted by atomic mass is 10.1. The van der Waals surface area contributed by atoms with Gasteiger partial charge in [0.25, 0.3) is 0 Å². The van der Waals surface area contributed by atoms with Gasteiger partial charge < -0.3 is 20.3 Å². The van der Waals surface area contributed by atoms with Gasteiger partial charge in [-0.05, 0) is 6.07 Å². The van der Waals surface area contributed by atoms with Crippen molar-refractivity contribution in [2.24, 2.45) is 0 Å². The van der Waals surface area contributed by atoms with Crippen molar-refractivity contribution in [1.29, 1.82) is 0 Å². The van der Waals surface area contributed by atoms with Crippen LogP contribution in [-0.2, 0) is 9.53 Å². The largest absolute Gasteiger partial charge is 0.394 e. The predicted octanol–water partition coefficient (Wildman–Crippen LogP) is -0.912. The van der Waals surface area contributed by atoms with Crippen molar-refractivity contribution in [3.63, 3.8) is 0 Å². The number of aliphatic hydroxyl groups excluding tert-OH is 2. The molecule has 0 aliphatic carbocycles. The minimum atomic E-state index is -3.77. The summed E-state index contributed by atoms with van der Waals surface area (Å²) in [5.74, 6) is -4.34. The van der Waals surface area contributed by atoms with Crippen LogP contribution in [0, 0.1) is 0 Å². The van der Waals surface area contributed by atoms with Crippen LogP contribution in [0.4, 0.5) is 14.6 Å². The first-order valence-electron chi connectivity index (χ1n) is 5.96. The molecule has 1 aromatic heterocycles. The van der Waals surface area contributed by atoms with Crippen LogP contribution in [0.5, 0.6) is 0 Å². The van der Waals surface area contributed by atoms with Gasteiger partial charge in [-0.3, -0.25) is 9.36 Å². The van der Waals surface area contributed by atoms with Crippen LogP contribution in [0.1, 0.15) is 13.2 Å². The third-order valence-electron chi connectivity index (χ3n) is 2.95.